The fourth-order valence-corrected chi connectivity index (χ4v) is 2.16. The summed E-state index contributed by atoms with van der Waals surface area (Å²) < 4.78 is 0. The summed E-state index contributed by atoms with van der Waals surface area (Å²) in [4.78, 5) is 15.0. The van der Waals surface area contributed by atoms with Gasteiger partial charge in [-0.2, -0.15) is 0 Å². The third kappa shape index (κ3) is 3.19. The Labute approximate surface area is 117 Å². The van der Waals surface area contributed by atoms with E-state index in [0.29, 0.717) is 12.1 Å². The van der Waals surface area contributed by atoms with Crippen molar-refractivity contribution < 1.29 is 4.92 Å². The van der Waals surface area contributed by atoms with E-state index in [-0.39, 0.29) is 16.7 Å². The lowest BCUT2D eigenvalue weighted by Gasteiger charge is -2.16. The predicted octanol–water partition coefficient (Wildman–Crippen LogP) is 2.80. The van der Waals surface area contributed by atoms with Crippen LogP contribution in [0, 0.1) is 17.0 Å². The molecule has 2 aromatic rings. The number of aryl methyl sites for hydroxylation is 1. The second-order valence-corrected chi connectivity index (χ2v) is 4.69. The molecule has 2 rings (SSSR count). The first-order valence-electron chi connectivity index (χ1n) is 6.44. The Kier molecular flexibility index (Phi) is 4.42. The number of benzene rings is 1. The molecule has 1 atom stereocenters. The van der Waals surface area contributed by atoms with Crippen molar-refractivity contribution in [2.75, 3.05) is 7.05 Å². The van der Waals surface area contributed by atoms with Gasteiger partial charge in [-0.15, -0.1) is 0 Å². The van der Waals surface area contributed by atoms with Crippen LogP contribution in [0.15, 0.2) is 42.6 Å². The first kappa shape index (κ1) is 14.1. The van der Waals surface area contributed by atoms with Gasteiger partial charge < -0.3 is 5.32 Å². The van der Waals surface area contributed by atoms with Crippen LogP contribution in [0.3, 0.4) is 0 Å². The van der Waals surface area contributed by atoms with Gasteiger partial charge in [0.15, 0.2) is 0 Å². The highest BCUT2D eigenvalue weighted by Gasteiger charge is 2.19. The van der Waals surface area contributed by atoms with E-state index in [2.05, 4.69) is 10.3 Å². The van der Waals surface area contributed by atoms with Crippen LogP contribution in [0.2, 0.25) is 0 Å². The molecule has 5 nitrogen and oxygen atoms in total. The summed E-state index contributed by atoms with van der Waals surface area (Å²) in [6.45, 7) is 1.80. The summed E-state index contributed by atoms with van der Waals surface area (Å²) in [7, 11) is 1.84. The number of aromatic nitrogens is 1. The van der Waals surface area contributed by atoms with Crippen LogP contribution in [0.5, 0.6) is 0 Å². The summed E-state index contributed by atoms with van der Waals surface area (Å²) in [5.74, 6) is 0. The van der Waals surface area contributed by atoms with E-state index in [9.17, 15) is 10.1 Å². The van der Waals surface area contributed by atoms with Crippen molar-refractivity contribution in [2.45, 2.75) is 19.4 Å². The van der Waals surface area contributed by atoms with E-state index < -0.39 is 0 Å². The summed E-state index contributed by atoms with van der Waals surface area (Å²) in [5, 5.41) is 14.3. The molecule has 0 aliphatic rings. The van der Waals surface area contributed by atoms with Gasteiger partial charge in [-0.1, -0.05) is 30.3 Å². The minimum atomic E-state index is -0.368. The summed E-state index contributed by atoms with van der Waals surface area (Å²) in [6.07, 6.45) is 2.15. The van der Waals surface area contributed by atoms with Crippen LogP contribution in [0.25, 0.3) is 0 Å². The molecule has 0 bridgehead atoms. The van der Waals surface area contributed by atoms with Crippen LogP contribution in [0.4, 0.5) is 5.69 Å². The van der Waals surface area contributed by atoms with Crippen LogP contribution in [-0.4, -0.2) is 17.0 Å². The SMILES string of the molecule is CNC(Cc1ncc(C)cc1[N+](=O)[O-])c1ccccc1. The maximum absolute atomic E-state index is 11.1. The molecule has 1 N–H and O–H groups in total. The van der Waals surface area contributed by atoms with Gasteiger partial charge in [0, 0.05) is 24.7 Å². The first-order valence-corrected chi connectivity index (χ1v) is 6.44. The fourth-order valence-electron chi connectivity index (χ4n) is 2.16. The molecule has 0 aliphatic heterocycles. The molecule has 0 spiro atoms. The Morgan fingerprint density at radius 1 is 1.35 bits per heavy atom. The van der Waals surface area contributed by atoms with Gasteiger partial charge in [0.2, 0.25) is 0 Å². The molecular weight excluding hydrogens is 254 g/mol. The van der Waals surface area contributed by atoms with Gasteiger partial charge >= 0.3 is 0 Å². The lowest BCUT2D eigenvalue weighted by atomic mass is 10.0. The van der Waals surface area contributed by atoms with Crippen molar-refractivity contribution in [1.29, 1.82) is 0 Å². The monoisotopic (exact) mass is 271 g/mol. The van der Waals surface area contributed by atoms with Gasteiger partial charge in [0.05, 0.1) is 4.92 Å². The lowest BCUT2D eigenvalue weighted by Crippen LogP contribution is -2.20. The summed E-state index contributed by atoms with van der Waals surface area (Å²) in [6, 6.07) is 11.4. The van der Waals surface area contributed by atoms with E-state index >= 15 is 0 Å². The van der Waals surface area contributed by atoms with E-state index in [4.69, 9.17) is 0 Å². The molecule has 0 amide bonds. The molecule has 0 saturated heterocycles. The lowest BCUT2D eigenvalue weighted by molar-refractivity contribution is -0.386. The minimum Gasteiger partial charge on any atom is -0.313 e. The second kappa shape index (κ2) is 6.25. The van der Waals surface area contributed by atoms with Crippen molar-refractivity contribution >= 4 is 5.69 Å². The molecule has 20 heavy (non-hydrogen) atoms. The Bertz CT molecular complexity index is 599. The van der Waals surface area contributed by atoms with Crippen LogP contribution in [-0.2, 0) is 6.42 Å². The van der Waals surface area contributed by atoms with E-state index in [0.717, 1.165) is 11.1 Å². The Morgan fingerprint density at radius 2 is 2.05 bits per heavy atom. The van der Waals surface area contributed by atoms with Gasteiger partial charge in [0.1, 0.15) is 5.69 Å². The van der Waals surface area contributed by atoms with Crippen LogP contribution < -0.4 is 5.32 Å². The third-order valence-corrected chi connectivity index (χ3v) is 3.23. The van der Waals surface area contributed by atoms with E-state index in [1.807, 2.05) is 37.4 Å². The molecular formula is C15H17N3O2. The Balaban J connectivity index is 2.31. The molecule has 0 radical (unpaired) electrons. The average Bonchev–Trinajstić information content (AvgIpc) is 2.46. The van der Waals surface area contributed by atoms with Crippen molar-refractivity contribution in [3.8, 4) is 0 Å². The summed E-state index contributed by atoms with van der Waals surface area (Å²) in [5.41, 5.74) is 2.47. The van der Waals surface area contributed by atoms with Gasteiger partial charge in [-0.25, -0.2) is 0 Å². The van der Waals surface area contributed by atoms with Crippen molar-refractivity contribution in [2.24, 2.45) is 0 Å². The van der Waals surface area contributed by atoms with E-state index in [1.165, 1.54) is 0 Å². The smallest absolute Gasteiger partial charge is 0.291 e. The van der Waals surface area contributed by atoms with Gasteiger partial charge in [-0.05, 0) is 25.1 Å². The van der Waals surface area contributed by atoms with Crippen molar-refractivity contribution in [1.82, 2.24) is 10.3 Å². The summed E-state index contributed by atoms with van der Waals surface area (Å²) >= 11 is 0. The maximum Gasteiger partial charge on any atom is 0.291 e. The zero-order chi connectivity index (χ0) is 14.5. The number of pyridine rings is 1. The average molecular weight is 271 g/mol. The quantitative estimate of drug-likeness (QED) is 0.670. The Hall–Kier alpha value is -2.27. The van der Waals surface area contributed by atoms with E-state index in [1.54, 1.807) is 19.2 Å². The standard InChI is InChI=1S/C15H17N3O2/c1-11-8-15(18(19)20)14(17-10-11)9-13(16-2)12-6-4-3-5-7-12/h3-8,10,13,16H,9H2,1-2H3. The maximum atomic E-state index is 11.1. The van der Waals surface area contributed by atoms with Crippen molar-refractivity contribution in [3.05, 3.63) is 69.5 Å². The zero-order valence-corrected chi connectivity index (χ0v) is 11.5. The van der Waals surface area contributed by atoms with Crippen molar-refractivity contribution in [3.63, 3.8) is 0 Å². The highest BCUT2D eigenvalue weighted by molar-refractivity contribution is 5.39. The number of hydrogen-bond acceptors (Lipinski definition) is 4. The zero-order valence-electron chi connectivity index (χ0n) is 11.5. The molecule has 1 aromatic carbocycles. The highest BCUT2D eigenvalue weighted by atomic mass is 16.6. The highest BCUT2D eigenvalue weighted by Crippen LogP contribution is 2.24. The van der Waals surface area contributed by atoms with Gasteiger partial charge in [0.25, 0.3) is 5.69 Å². The largest absolute Gasteiger partial charge is 0.313 e. The topological polar surface area (TPSA) is 68.1 Å². The number of nitro groups is 1. The molecule has 1 unspecified atom stereocenters. The molecule has 5 heteroatoms. The molecule has 0 fully saturated rings. The number of hydrogen-bond donors (Lipinski definition) is 1. The number of nitrogens with one attached hydrogen (secondary N) is 1. The molecule has 104 valence electrons. The first-order chi connectivity index (χ1) is 9.61. The molecule has 0 aliphatic carbocycles. The number of nitrogens with zero attached hydrogens (tertiary/aromatic N) is 2. The number of rotatable bonds is 5. The molecule has 0 saturated carbocycles. The number of likely N-dealkylation sites (N-methyl/N-ethyl adjacent to an activating group) is 1. The van der Waals surface area contributed by atoms with Gasteiger partial charge in [-0.3, -0.25) is 15.1 Å². The Morgan fingerprint density at radius 3 is 2.65 bits per heavy atom. The second-order valence-electron chi connectivity index (χ2n) is 4.69. The molecule has 1 heterocycles. The fraction of sp³-hybridized carbons (Fsp3) is 0.267. The molecule has 1 aromatic heterocycles. The minimum absolute atomic E-state index is 0.00473. The third-order valence-electron chi connectivity index (χ3n) is 3.23. The predicted molar refractivity (Wildman–Crippen MR) is 77.6 cm³/mol. The van der Waals surface area contributed by atoms with Crippen LogP contribution >= 0.6 is 0 Å². The normalized spacial score (nSPS) is 12.1. The van der Waals surface area contributed by atoms with Crippen LogP contribution in [0.1, 0.15) is 22.9 Å².